The van der Waals surface area contributed by atoms with E-state index in [0.717, 1.165) is 24.8 Å². The van der Waals surface area contributed by atoms with Crippen LogP contribution in [0.1, 0.15) is 24.8 Å². The molecule has 3 aliphatic rings. The number of allylic oxidation sites excluding steroid dienone is 22. The molecule has 0 aliphatic heterocycles. The third-order valence-electron chi connectivity index (χ3n) is 9.45. The van der Waals surface area contributed by atoms with Gasteiger partial charge in [0.2, 0.25) is 0 Å². The Bertz CT molecular complexity index is 2010. The molecule has 3 aromatic carbocycles. The molecule has 0 saturated carbocycles. The van der Waals surface area contributed by atoms with E-state index in [-0.39, 0.29) is 5.92 Å². The lowest BCUT2D eigenvalue weighted by Crippen LogP contribution is -2.28. The molecule has 0 heterocycles. The summed E-state index contributed by atoms with van der Waals surface area (Å²) in [7, 11) is 0. The van der Waals surface area contributed by atoms with Gasteiger partial charge in [0.1, 0.15) is 0 Å². The van der Waals surface area contributed by atoms with Crippen molar-refractivity contribution >= 4 is 11.8 Å². The van der Waals surface area contributed by atoms with Crippen LogP contribution in [0.2, 0.25) is 0 Å². The fourth-order valence-electron chi connectivity index (χ4n) is 6.95. The molecule has 1 heteroatoms. The highest BCUT2D eigenvalue weighted by molar-refractivity contribution is 5.87. The van der Waals surface area contributed by atoms with Gasteiger partial charge in [0.25, 0.3) is 0 Å². The molecule has 0 spiro atoms. The van der Waals surface area contributed by atoms with Crippen LogP contribution in [0.25, 0.3) is 28.3 Å². The molecule has 0 bridgehead atoms. The predicted octanol–water partition coefficient (Wildman–Crippen LogP) is 13.5. The third kappa shape index (κ3) is 9.21. The van der Waals surface area contributed by atoms with E-state index >= 15 is 0 Å². The molecular formula is C50H47N. The molecule has 0 N–H and O–H groups in total. The SMILES string of the molecule is C=C\C=C/C=C/C=C\C=C\C1C=CC(N(C2=CC=CCC2)c2ccc(-c3cccc(/C=C\C=C)c3)c(-c3ccccc3)c2)=CC1C1C=CC=CC1. The quantitative estimate of drug-likeness (QED) is 0.165. The Hall–Kier alpha value is -5.92. The first-order chi connectivity index (χ1) is 25.2. The lowest BCUT2D eigenvalue weighted by molar-refractivity contribution is 0.413. The zero-order valence-corrected chi connectivity index (χ0v) is 29.3. The second-order valence-corrected chi connectivity index (χ2v) is 12.9. The van der Waals surface area contributed by atoms with Crippen molar-refractivity contribution in [2.75, 3.05) is 4.90 Å². The van der Waals surface area contributed by atoms with Gasteiger partial charge in [0.05, 0.1) is 0 Å². The maximum Gasteiger partial charge on any atom is 0.0464 e. The van der Waals surface area contributed by atoms with Crippen molar-refractivity contribution in [1.82, 2.24) is 0 Å². The van der Waals surface area contributed by atoms with Crippen LogP contribution >= 0.6 is 0 Å². The van der Waals surface area contributed by atoms with Crippen LogP contribution in [0.5, 0.6) is 0 Å². The maximum atomic E-state index is 3.85. The van der Waals surface area contributed by atoms with Crippen molar-refractivity contribution in [2.45, 2.75) is 19.3 Å². The van der Waals surface area contributed by atoms with E-state index in [1.165, 1.54) is 39.3 Å². The highest BCUT2D eigenvalue weighted by Gasteiger charge is 2.29. The molecule has 6 rings (SSSR count). The van der Waals surface area contributed by atoms with Crippen molar-refractivity contribution in [3.63, 3.8) is 0 Å². The van der Waals surface area contributed by atoms with Gasteiger partial charge in [0, 0.05) is 23.0 Å². The van der Waals surface area contributed by atoms with E-state index in [2.05, 4.69) is 182 Å². The molecule has 0 radical (unpaired) electrons. The zero-order valence-electron chi connectivity index (χ0n) is 29.3. The molecule has 3 aliphatic carbocycles. The van der Waals surface area contributed by atoms with Crippen molar-refractivity contribution in [3.8, 4) is 22.3 Å². The Morgan fingerprint density at radius 2 is 1.47 bits per heavy atom. The molecule has 0 saturated heterocycles. The molecular weight excluding hydrogens is 615 g/mol. The van der Waals surface area contributed by atoms with Crippen molar-refractivity contribution in [2.24, 2.45) is 17.8 Å². The lowest BCUT2D eigenvalue weighted by Gasteiger charge is -2.36. The van der Waals surface area contributed by atoms with E-state index in [1.54, 1.807) is 6.08 Å². The van der Waals surface area contributed by atoms with Crippen LogP contribution in [0.4, 0.5) is 5.69 Å². The fraction of sp³-hybridized carbons (Fsp3) is 0.120. The molecule has 51 heavy (non-hydrogen) atoms. The fourth-order valence-corrected chi connectivity index (χ4v) is 6.95. The minimum atomic E-state index is 0.288. The normalized spacial score (nSPS) is 20.2. The zero-order chi connectivity index (χ0) is 35.1. The van der Waals surface area contributed by atoms with Crippen LogP contribution < -0.4 is 4.90 Å². The van der Waals surface area contributed by atoms with E-state index in [1.807, 2.05) is 36.5 Å². The molecule has 3 atom stereocenters. The maximum absolute atomic E-state index is 3.85. The van der Waals surface area contributed by atoms with Gasteiger partial charge in [-0.05, 0) is 89.3 Å². The summed E-state index contributed by atoms with van der Waals surface area (Å²) in [5, 5.41) is 0. The predicted molar refractivity (Wildman–Crippen MR) is 223 cm³/mol. The van der Waals surface area contributed by atoms with Crippen molar-refractivity contribution < 1.29 is 0 Å². The summed E-state index contributed by atoms with van der Waals surface area (Å²) in [4.78, 5) is 2.50. The minimum absolute atomic E-state index is 0.288. The number of benzene rings is 3. The second kappa shape index (κ2) is 18.2. The number of hydrogen-bond acceptors (Lipinski definition) is 1. The van der Waals surface area contributed by atoms with Crippen molar-refractivity contribution in [3.05, 3.63) is 231 Å². The monoisotopic (exact) mass is 661 g/mol. The largest absolute Gasteiger partial charge is 0.315 e. The second-order valence-electron chi connectivity index (χ2n) is 12.9. The van der Waals surface area contributed by atoms with Crippen molar-refractivity contribution in [1.29, 1.82) is 0 Å². The third-order valence-corrected chi connectivity index (χ3v) is 9.45. The van der Waals surface area contributed by atoms with Gasteiger partial charge in [-0.1, -0.05) is 189 Å². The number of anilines is 1. The summed E-state index contributed by atoms with van der Waals surface area (Å²) in [5.41, 5.74) is 9.69. The highest BCUT2D eigenvalue weighted by atomic mass is 15.2. The number of hydrogen-bond donors (Lipinski definition) is 0. The molecule has 3 aromatic rings. The number of rotatable bonds is 13. The molecule has 3 unspecified atom stereocenters. The summed E-state index contributed by atoms with van der Waals surface area (Å²) in [6.45, 7) is 7.57. The van der Waals surface area contributed by atoms with E-state index < -0.39 is 0 Å². The van der Waals surface area contributed by atoms with Gasteiger partial charge in [-0.25, -0.2) is 0 Å². The van der Waals surface area contributed by atoms with Crippen LogP contribution in [-0.4, -0.2) is 0 Å². The molecule has 0 amide bonds. The van der Waals surface area contributed by atoms with Crippen LogP contribution in [0, 0.1) is 17.8 Å². The molecule has 252 valence electrons. The molecule has 0 fully saturated rings. The standard InChI is InChI=1S/C50H47N/c1-3-5-7-8-9-10-11-15-29-43-33-34-46(38-49(43)41-25-16-12-17-26-41)51(45-31-20-14-21-32-45)47-35-36-48(50(39-47)42-27-18-13-19-28-42)44-30-22-24-40(37-44)23-6-4-2/h3-20,22-25,27-31,33-39,41,43,49H,1-2,21,26,32H2/b7-5-,9-8+,11-10-,23-6-,29-15+. The molecule has 1 nitrogen and oxygen atoms in total. The van der Waals surface area contributed by atoms with E-state index in [9.17, 15) is 0 Å². The average Bonchev–Trinajstić information content (AvgIpc) is 3.19. The Labute approximate surface area is 305 Å². The van der Waals surface area contributed by atoms with Gasteiger partial charge in [0.15, 0.2) is 0 Å². The van der Waals surface area contributed by atoms with Gasteiger partial charge < -0.3 is 4.90 Å². The van der Waals surface area contributed by atoms with Crippen LogP contribution in [0.15, 0.2) is 225 Å². The Morgan fingerprint density at radius 3 is 2.24 bits per heavy atom. The average molecular weight is 662 g/mol. The molecule has 0 aromatic heterocycles. The van der Waals surface area contributed by atoms with Crippen LogP contribution in [0.3, 0.4) is 0 Å². The number of nitrogens with zero attached hydrogens (tertiary/aromatic N) is 1. The van der Waals surface area contributed by atoms with Gasteiger partial charge in [-0.2, -0.15) is 0 Å². The first-order valence-electron chi connectivity index (χ1n) is 18.0. The van der Waals surface area contributed by atoms with Gasteiger partial charge in [-0.15, -0.1) is 0 Å². The van der Waals surface area contributed by atoms with E-state index in [0.29, 0.717) is 11.8 Å². The Kier molecular flexibility index (Phi) is 12.5. The van der Waals surface area contributed by atoms with Gasteiger partial charge >= 0.3 is 0 Å². The van der Waals surface area contributed by atoms with Crippen LogP contribution in [-0.2, 0) is 0 Å². The first-order valence-corrected chi connectivity index (χ1v) is 18.0. The van der Waals surface area contributed by atoms with E-state index in [4.69, 9.17) is 0 Å². The Morgan fingerprint density at radius 1 is 0.667 bits per heavy atom. The highest BCUT2D eigenvalue weighted by Crippen LogP contribution is 2.41. The Balaban J connectivity index is 1.41. The summed E-state index contributed by atoms with van der Waals surface area (Å²) in [6.07, 6.45) is 50.5. The first kappa shape index (κ1) is 34.9. The smallest absolute Gasteiger partial charge is 0.0464 e. The van der Waals surface area contributed by atoms with Gasteiger partial charge in [-0.3, -0.25) is 0 Å². The summed E-state index contributed by atoms with van der Waals surface area (Å²) in [6, 6.07) is 26.5. The lowest BCUT2D eigenvalue weighted by atomic mass is 9.75. The summed E-state index contributed by atoms with van der Waals surface area (Å²) < 4.78 is 0. The summed E-state index contributed by atoms with van der Waals surface area (Å²) in [5.74, 6) is 1.03. The minimum Gasteiger partial charge on any atom is -0.315 e. The summed E-state index contributed by atoms with van der Waals surface area (Å²) >= 11 is 0. The topological polar surface area (TPSA) is 3.24 Å².